The number of nitrogens with one attached hydrogen (secondary N) is 1. The number of hydrogen-bond donors (Lipinski definition) is 2. The lowest BCUT2D eigenvalue weighted by Gasteiger charge is -2.41. The van der Waals surface area contributed by atoms with Crippen LogP contribution < -0.4 is 15.8 Å². The van der Waals surface area contributed by atoms with Crippen molar-refractivity contribution in [2.45, 2.75) is 37.5 Å². The molecular formula is C31H30FN9O2. The SMILES string of the molecule is COc1ccn(-c2ccc3nc(-c4cccnc4N)n(-c4ccc5c(c4)CC(F)[C@@H]5NC4CN(C(=O)C5CC5)C4)c3n2)n1. The van der Waals surface area contributed by atoms with Crippen molar-refractivity contribution in [3.05, 3.63) is 72.1 Å². The maximum Gasteiger partial charge on any atom is 0.232 e. The Morgan fingerprint density at radius 1 is 1.12 bits per heavy atom. The van der Waals surface area contributed by atoms with Crippen molar-refractivity contribution in [1.82, 2.24) is 39.5 Å². The number of fused-ring (bicyclic) bond motifs is 2. The molecule has 4 aromatic heterocycles. The number of aromatic nitrogens is 6. The van der Waals surface area contributed by atoms with E-state index in [1.165, 1.54) is 0 Å². The smallest absolute Gasteiger partial charge is 0.232 e. The first-order valence-electron chi connectivity index (χ1n) is 14.5. The van der Waals surface area contributed by atoms with Gasteiger partial charge >= 0.3 is 0 Å². The number of halogens is 1. The number of benzene rings is 1. The number of methoxy groups -OCH3 is 1. The van der Waals surface area contributed by atoms with E-state index in [0.29, 0.717) is 59.6 Å². The molecule has 8 rings (SSSR count). The summed E-state index contributed by atoms with van der Waals surface area (Å²) in [5.41, 5.74) is 10.9. The number of ether oxygens (including phenoxy) is 1. The number of anilines is 1. The monoisotopic (exact) mass is 579 g/mol. The van der Waals surface area contributed by atoms with Crippen molar-refractivity contribution in [2.75, 3.05) is 25.9 Å². The van der Waals surface area contributed by atoms with Gasteiger partial charge < -0.3 is 20.7 Å². The van der Waals surface area contributed by atoms with Gasteiger partial charge in [-0.1, -0.05) is 6.07 Å². The molecule has 1 saturated heterocycles. The normalized spacial score (nSPS) is 19.9. The Morgan fingerprint density at radius 3 is 2.74 bits per heavy atom. The van der Waals surface area contributed by atoms with E-state index in [9.17, 15) is 4.79 Å². The van der Waals surface area contributed by atoms with Crippen LogP contribution in [0.25, 0.3) is 34.1 Å². The van der Waals surface area contributed by atoms with Crippen LogP contribution in [0.5, 0.6) is 5.88 Å². The third-order valence-electron chi connectivity index (χ3n) is 8.61. The summed E-state index contributed by atoms with van der Waals surface area (Å²) in [6.45, 7) is 1.28. The number of amides is 1. The highest BCUT2D eigenvalue weighted by Gasteiger charge is 2.42. The average Bonchev–Trinajstić information content (AvgIpc) is 3.49. The molecule has 0 bridgehead atoms. The molecule has 218 valence electrons. The Morgan fingerprint density at radius 2 is 1.98 bits per heavy atom. The van der Waals surface area contributed by atoms with E-state index in [1.54, 1.807) is 30.3 Å². The van der Waals surface area contributed by atoms with Crippen molar-refractivity contribution in [1.29, 1.82) is 0 Å². The number of hydrogen-bond acceptors (Lipinski definition) is 8. The molecule has 1 aromatic carbocycles. The lowest BCUT2D eigenvalue weighted by molar-refractivity contribution is -0.137. The number of imidazole rings is 1. The van der Waals surface area contributed by atoms with E-state index >= 15 is 4.39 Å². The molecule has 1 unspecified atom stereocenters. The van der Waals surface area contributed by atoms with Gasteiger partial charge in [-0.05, 0) is 60.4 Å². The van der Waals surface area contributed by atoms with Gasteiger partial charge in [0.05, 0.1) is 18.7 Å². The Kier molecular flexibility index (Phi) is 5.93. The molecule has 2 fully saturated rings. The summed E-state index contributed by atoms with van der Waals surface area (Å²) in [6.07, 6.45) is 4.64. The molecule has 0 spiro atoms. The summed E-state index contributed by atoms with van der Waals surface area (Å²) in [7, 11) is 1.57. The number of carbonyl (C=O) groups is 1. The Hall–Kier alpha value is -4.84. The van der Waals surface area contributed by atoms with Crippen molar-refractivity contribution in [3.63, 3.8) is 0 Å². The van der Waals surface area contributed by atoms with E-state index < -0.39 is 12.2 Å². The van der Waals surface area contributed by atoms with Crippen LogP contribution in [0.1, 0.15) is 30.0 Å². The maximum atomic E-state index is 15.5. The van der Waals surface area contributed by atoms with Gasteiger partial charge in [-0.3, -0.25) is 9.36 Å². The number of rotatable bonds is 7. The molecular weight excluding hydrogens is 549 g/mol. The van der Waals surface area contributed by atoms with E-state index in [2.05, 4.69) is 15.4 Å². The summed E-state index contributed by atoms with van der Waals surface area (Å²) in [5.74, 6) is 2.45. The highest BCUT2D eigenvalue weighted by molar-refractivity contribution is 5.83. The predicted octanol–water partition coefficient (Wildman–Crippen LogP) is 3.40. The van der Waals surface area contributed by atoms with Crippen LogP contribution in [-0.2, 0) is 11.2 Å². The molecule has 43 heavy (non-hydrogen) atoms. The van der Waals surface area contributed by atoms with Crippen LogP contribution >= 0.6 is 0 Å². The minimum absolute atomic E-state index is 0.0952. The minimum atomic E-state index is -1.06. The zero-order chi connectivity index (χ0) is 29.2. The Balaban J connectivity index is 1.16. The Bertz CT molecular complexity index is 1870. The lowest BCUT2D eigenvalue weighted by Crippen LogP contribution is -2.61. The number of carbonyl (C=O) groups excluding carboxylic acids is 1. The van der Waals surface area contributed by atoms with Crippen LogP contribution in [-0.4, -0.2) is 72.5 Å². The molecule has 5 aromatic rings. The van der Waals surface area contributed by atoms with Gasteiger partial charge in [-0.2, -0.15) is 0 Å². The summed E-state index contributed by atoms with van der Waals surface area (Å²) in [4.78, 5) is 28.3. The second-order valence-electron chi connectivity index (χ2n) is 11.5. The molecule has 1 amide bonds. The average molecular weight is 580 g/mol. The zero-order valence-corrected chi connectivity index (χ0v) is 23.5. The van der Waals surface area contributed by atoms with Gasteiger partial charge in [-0.15, -0.1) is 5.10 Å². The summed E-state index contributed by atoms with van der Waals surface area (Å²) in [5, 5.41) is 7.90. The van der Waals surface area contributed by atoms with Crippen molar-refractivity contribution in [3.8, 4) is 28.8 Å². The van der Waals surface area contributed by atoms with Gasteiger partial charge in [0.25, 0.3) is 0 Å². The fraction of sp³-hybridized carbons (Fsp3) is 0.323. The standard InChI is InChI=1S/C31H30FN9O2/c1-43-26-10-12-40(38-26)25-9-8-24-30(37-25)41(29(36-24)22-3-2-11-34-28(22)33)20-6-7-21-18(13-20)14-23(32)27(21)35-19-15-39(16-19)31(42)17-4-5-17/h2-3,6-13,17,19,23,27,35H,4-5,14-16H2,1H3,(H2,33,34)/t23?,27-/m1/s1. The van der Waals surface area contributed by atoms with E-state index in [0.717, 1.165) is 29.7 Å². The molecule has 5 heterocycles. The maximum absolute atomic E-state index is 15.5. The molecule has 11 nitrogen and oxygen atoms in total. The molecule has 12 heteroatoms. The number of nitrogens with two attached hydrogens (primary N) is 1. The van der Waals surface area contributed by atoms with Crippen molar-refractivity contribution < 1.29 is 13.9 Å². The van der Waals surface area contributed by atoms with Gasteiger partial charge in [0, 0.05) is 55.6 Å². The quantitative estimate of drug-likeness (QED) is 0.300. The lowest BCUT2D eigenvalue weighted by atomic mass is 10.0. The Labute approximate surface area is 246 Å². The first kappa shape index (κ1) is 25.8. The second kappa shape index (κ2) is 9.87. The van der Waals surface area contributed by atoms with Crippen LogP contribution in [0.2, 0.25) is 0 Å². The molecule has 3 N–H and O–H groups in total. The van der Waals surface area contributed by atoms with Gasteiger partial charge in [-0.25, -0.2) is 24.0 Å². The largest absolute Gasteiger partial charge is 0.480 e. The van der Waals surface area contributed by atoms with Crippen LogP contribution in [0, 0.1) is 5.92 Å². The van der Waals surface area contributed by atoms with E-state index in [1.807, 2.05) is 51.9 Å². The predicted molar refractivity (Wildman–Crippen MR) is 158 cm³/mol. The number of nitrogens with zero attached hydrogens (tertiary/aromatic N) is 7. The molecule has 2 atom stereocenters. The fourth-order valence-electron chi connectivity index (χ4n) is 6.19. The first-order chi connectivity index (χ1) is 21.0. The summed E-state index contributed by atoms with van der Waals surface area (Å²) in [6, 6.07) is 14.8. The van der Waals surface area contributed by atoms with Gasteiger partial charge in [0.15, 0.2) is 17.3 Å². The van der Waals surface area contributed by atoms with E-state index in [4.69, 9.17) is 20.4 Å². The van der Waals surface area contributed by atoms with Gasteiger partial charge in [0.1, 0.15) is 17.5 Å². The molecule has 3 aliphatic rings. The molecule has 1 aliphatic heterocycles. The second-order valence-corrected chi connectivity index (χ2v) is 11.5. The van der Waals surface area contributed by atoms with E-state index in [-0.39, 0.29) is 17.9 Å². The van der Waals surface area contributed by atoms with Crippen molar-refractivity contribution in [2.24, 2.45) is 5.92 Å². The molecule has 0 radical (unpaired) electrons. The third kappa shape index (κ3) is 4.40. The van der Waals surface area contributed by atoms with Crippen LogP contribution in [0.15, 0.2) is 60.9 Å². The molecule has 1 saturated carbocycles. The minimum Gasteiger partial charge on any atom is -0.480 e. The highest BCUT2D eigenvalue weighted by atomic mass is 19.1. The molecule has 2 aliphatic carbocycles. The van der Waals surface area contributed by atoms with Crippen LogP contribution in [0.4, 0.5) is 10.2 Å². The van der Waals surface area contributed by atoms with Crippen molar-refractivity contribution >= 4 is 22.9 Å². The zero-order valence-electron chi connectivity index (χ0n) is 23.5. The number of likely N-dealkylation sites (tertiary alicyclic amines) is 1. The summed E-state index contributed by atoms with van der Waals surface area (Å²) >= 11 is 0. The van der Waals surface area contributed by atoms with Crippen LogP contribution in [0.3, 0.4) is 0 Å². The summed E-state index contributed by atoms with van der Waals surface area (Å²) < 4.78 is 24.3. The third-order valence-corrected chi connectivity index (χ3v) is 8.61. The topological polar surface area (TPSA) is 129 Å². The highest BCUT2D eigenvalue weighted by Crippen LogP contribution is 2.38. The number of nitrogen functional groups attached to an aromatic ring is 1. The number of alkyl halides is 1. The first-order valence-corrected chi connectivity index (χ1v) is 14.5. The van der Waals surface area contributed by atoms with Gasteiger partial charge in [0.2, 0.25) is 11.8 Å². The fourth-order valence-corrected chi connectivity index (χ4v) is 6.19. The number of pyridine rings is 2.